The molecule has 1 amide bonds. The van der Waals surface area contributed by atoms with Gasteiger partial charge in [-0.15, -0.1) is 0 Å². The Morgan fingerprint density at radius 1 is 1.47 bits per heavy atom. The Labute approximate surface area is 114 Å². The molecule has 0 bridgehead atoms. The van der Waals surface area contributed by atoms with Gasteiger partial charge in [0.1, 0.15) is 18.3 Å². The second kappa shape index (κ2) is 5.61. The lowest BCUT2D eigenvalue weighted by molar-refractivity contribution is -0.123. The summed E-state index contributed by atoms with van der Waals surface area (Å²) in [7, 11) is 0. The summed E-state index contributed by atoms with van der Waals surface area (Å²) in [6.45, 7) is 5.93. The molecule has 0 spiro atoms. The average Bonchev–Trinajstić information content (AvgIpc) is 2.80. The Kier molecular flexibility index (Phi) is 4.10. The van der Waals surface area contributed by atoms with Crippen LogP contribution in [-0.4, -0.2) is 25.6 Å². The molecule has 4 heteroatoms. The highest BCUT2D eigenvalue weighted by Gasteiger charge is 2.30. The molecule has 19 heavy (non-hydrogen) atoms. The quantitative estimate of drug-likeness (QED) is 0.848. The van der Waals surface area contributed by atoms with Crippen LogP contribution in [0.15, 0.2) is 24.3 Å². The number of carbonyl (C=O) groups is 1. The predicted molar refractivity (Wildman–Crippen MR) is 75.1 cm³/mol. The lowest BCUT2D eigenvalue weighted by Crippen LogP contribution is -2.38. The van der Waals surface area contributed by atoms with Gasteiger partial charge in [0, 0.05) is 12.1 Å². The Bertz CT molecular complexity index is 457. The number of para-hydroxylation sites is 1. The van der Waals surface area contributed by atoms with E-state index in [0.717, 1.165) is 17.7 Å². The van der Waals surface area contributed by atoms with Crippen molar-refractivity contribution in [2.24, 2.45) is 11.1 Å². The van der Waals surface area contributed by atoms with E-state index in [2.05, 4.69) is 19.2 Å². The van der Waals surface area contributed by atoms with E-state index in [4.69, 9.17) is 10.5 Å². The normalized spacial score (nSPS) is 17.7. The second-order valence-corrected chi connectivity index (χ2v) is 5.82. The van der Waals surface area contributed by atoms with Crippen molar-refractivity contribution in [1.29, 1.82) is 0 Å². The van der Waals surface area contributed by atoms with Gasteiger partial charge in [0.25, 0.3) is 0 Å². The fraction of sp³-hybridized carbons (Fsp3) is 0.533. The predicted octanol–water partition coefficient (Wildman–Crippen LogP) is 1.65. The lowest BCUT2D eigenvalue weighted by Gasteiger charge is -2.24. The van der Waals surface area contributed by atoms with Gasteiger partial charge in [-0.25, -0.2) is 0 Å². The summed E-state index contributed by atoms with van der Waals surface area (Å²) in [5, 5.41) is 3.02. The minimum absolute atomic E-state index is 0.0311. The molecule has 2 rings (SSSR count). The lowest BCUT2D eigenvalue weighted by atomic mass is 9.89. The van der Waals surface area contributed by atoms with Crippen molar-refractivity contribution in [3.63, 3.8) is 0 Å². The fourth-order valence-electron chi connectivity index (χ4n) is 2.31. The molecule has 0 saturated heterocycles. The van der Waals surface area contributed by atoms with E-state index in [0.29, 0.717) is 19.7 Å². The van der Waals surface area contributed by atoms with Crippen molar-refractivity contribution in [1.82, 2.24) is 5.32 Å². The number of amides is 1. The molecule has 104 valence electrons. The zero-order chi connectivity index (χ0) is 13.9. The van der Waals surface area contributed by atoms with E-state index in [1.165, 1.54) is 0 Å². The van der Waals surface area contributed by atoms with Crippen LogP contribution in [0, 0.1) is 5.41 Å². The number of rotatable bonds is 5. The van der Waals surface area contributed by atoms with Crippen LogP contribution in [0.4, 0.5) is 0 Å². The topological polar surface area (TPSA) is 64.3 Å². The molecule has 1 aromatic carbocycles. The highest BCUT2D eigenvalue weighted by Crippen LogP contribution is 2.33. The minimum atomic E-state index is -0.190. The monoisotopic (exact) mass is 262 g/mol. The largest absolute Gasteiger partial charge is 0.492 e. The fourth-order valence-corrected chi connectivity index (χ4v) is 2.31. The number of hydrogen-bond donors (Lipinski definition) is 2. The van der Waals surface area contributed by atoms with Gasteiger partial charge in [-0.05, 0) is 24.4 Å². The Balaban J connectivity index is 1.95. The first-order valence-corrected chi connectivity index (χ1v) is 6.73. The van der Waals surface area contributed by atoms with E-state index in [1.807, 2.05) is 24.3 Å². The molecule has 1 aliphatic heterocycles. The van der Waals surface area contributed by atoms with E-state index in [1.54, 1.807) is 0 Å². The summed E-state index contributed by atoms with van der Waals surface area (Å²) in [6.07, 6.45) is 0.894. The van der Waals surface area contributed by atoms with Crippen molar-refractivity contribution >= 4 is 5.91 Å². The van der Waals surface area contributed by atoms with Gasteiger partial charge in [0.05, 0.1) is 0 Å². The first-order valence-electron chi connectivity index (χ1n) is 6.73. The number of benzene rings is 1. The number of nitrogens with one attached hydrogen (secondary N) is 1. The zero-order valence-corrected chi connectivity index (χ0v) is 11.6. The highest BCUT2D eigenvalue weighted by atomic mass is 16.5. The molecule has 0 aromatic heterocycles. The molecule has 1 aliphatic rings. The van der Waals surface area contributed by atoms with Crippen molar-refractivity contribution in [3.05, 3.63) is 29.8 Å². The van der Waals surface area contributed by atoms with Crippen LogP contribution in [0.2, 0.25) is 0 Å². The standard InChI is InChI=1S/C15H22N2O2/c1-15(2,7-8-16)10-17-14(18)12-9-19-13-6-4-3-5-11(12)13/h3-6,12H,7-10,16H2,1-2H3,(H,17,18). The maximum atomic E-state index is 12.2. The molecule has 1 aromatic rings. The van der Waals surface area contributed by atoms with E-state index in [-0.39, 0.29) is 17.2 Å². The third-order valence-corrected chi connectivity index (χ3v) is 3.58. The highest BCUT2D eigenvalue weighted by molar-refractivity contribution is 5.85. The molecule has 0 aliphatic carbocycles. The van der Waals surface area contributed by atoms with Gasteiger partial charge < -0.3 is 15.8 Å². The molecule has 1 unspecified atom stereocenters. The molecule has 0 radical (unpaired) electrons. The summed E-state index contributed by atoms with van der Waals surface area (Å²) in [6, 6.07) is 7.72. The summed E-state index contributed by atoms with van der Waals surface area (Å²) in [5.74, 6) is 0.670. The van der Waals surface area contributed by atoms with Crippen molar-refractivity contribution in [3.8, 4) is 5.75 Å². The third-order valence-electron chi connectivity index (χ3n) is 3.58. The van der Waals surface area contributed by atoms with Crippen LogP contribution in [0.25, 0.3) is 0 Å². The smallest absolute Gasteiger partial charge is 0.231 e. The van der Waals surface area contributed by atoms with Gasteiger partial charge >= 0.3 is 0 Å². The number of nitrogens with two attached hydrogens (primary N) is 1. The number of fused-ring (bicyclic) bond motifs is 1. The number of ether oxygens (including phenoxy) is 1. The number of carbonyl (C=O) groups excluding carboxylic acids is 1. The number of hydrogen-bond acceptors (Lipinski definition) is 3. The molecule has 0 fully saturated rings. The van der Waals surface area contributed by atoms with Crippen LogP contribution in [-0.2, 0) is 4.79 Å². The summed E-state index contributed by atoms with van der Waals surface area (Å²) in [5.41, 5.74) is 6.59. The van der Waals surface area contributed by atoms with E-state index < -0.39 is 0 Å². The first kappa shape index (κ1) is 13.9. The van der Waals surface area contributed by atoms with Crippen molar-refractivity contribution < 1.29 is 9.53 Å². The van der Waals surface area contributed by atoms with Crippen molar-refractivity contribution in [2.45, 2.75) is 26.2 Å². The van der Waals surface area contributed by atoms with Crippen LogP contribution < -0.4 is 15.8 Å². The Hall–Kier alpha value is -1.55. The summed E-state index contributed by atoms with van der Waals surface area (Å²) in [4.78, 5) is 12.2. The summed E-state index contributed by atoms with van der Waals surface area (Å²) < 4.78 is 5.53. The molecular weight excluding hydrogens is 240 g/mol. The van der Waals surface area contributed by atoms with Crippen LogP contribution >= 0.6 is 0 Å². The van der Waals surface area contributed by atoms with Crippen LogP contribution in [0.3, 0.4) is 0 Å². The maximum absolute atomic E-state index is 12.2. The van der Waals surface area contributed by atoms with Gasteiger partial charge in [0.15, 0.2) is 0 Å². The van der Waals surface area contributed by atoms with Crippen LogP contribution in [0.1, 0.15) is 31.7 Å². The van der Waals surface area contributed by atoms with Gasteiger partial charge in [-0.3, -0.25) is 4.79 Å². The minimum Gasteiger partial charge on any atom is -0.492 e. The van der Waals surface area contributed by atoms with Gasteiger partial charge in [-0.2, -0.15) is 0 Å². The molecule has 1 heterocycles. The Morgan fingerprint density at radius 2 is 2.21 bits per heavy atom. The van der Waals surface area contributed by atoms with Gasteiger partial charge in [-0.1, -0.05) is 32.0 Å². The Morgan fingerprint density at radius 3 is 2.95 bits per heavy atom. The first-order chi connectivity index (χ1) is 9.03. The average molecular weight is 262 g/mol. The second-order valence-electron chi connectivity index (χ2n) is 5.82. The van der Waals surface area contributed by atoms with Crippen molar-refractivity contribution in [2.75, 3.05) is 19.7 Å². The molecule has 3 N–H and O–H groups in total. The molecule has 4 nitrogen and oxygen atoms in total. The maximum Gasteiger partial charge on any atom is 0.231 e. The molecule has 0 saturated carbocycles. The van der Waals surface area contributed by atoms with E-state index in [9.17, 15) is 4.79 Å². The van der Waals surface area contributed by atoms with Gasteiger partial charge in [0.2, 0.25) is 5.91 Å². The SMILES string of the molecule is CC(C)(CCN)CNC(=O)C1COc2ccccc21. The van der Waals surface area contributed by atoms with Crippen LogP contribution in [0.5, 0.6) is 5.75 Å². The summed E-state index contributed by atoms with van der Waals surface area (Å²) >= 11 is 0. The zero-order valence-electron chi connectivity index (χ0n) is 11.6. The molecule has 1 atom stereocenters. The molecular formula is C15H22N2O2. The van der Waals surface area contributed by atoms with E-state index >= 15 is 0 Å². The third kappa shape index (κ3) is 3.26.